The highest BCUT2D eigenvalue weighted by Gasteiger charge is 2.21. The zero-order chi connectivity index (χ0) is 21.1. The van der Waals surface area contributed by atoms with Crippen molar-refractivity contribution in [3.8, 4) is 0 Å². The van der Waals surface area contributed by atoms with Gasteiger partial charge >= 0.3 is 5.97 Å². The van der Waals surface area contributed by atoms with Crippen molar-refractivity contribution in [3.05, 3.63) is 29.6 Å². The van der Waals surface area contributed by atoms with Crippen LogP contribution in [-0.2, 0) is 14.3 Å². The Balaban J connectivity index is 0.000000221. The molecule has 2 aliphatic carbocycles. The number of nitrogens with one attached hydrogen (secondary N) is 2. The Bertz CT molecular complexity index is 637. The SMILES string of the molecule is N=C(N)c1ccc(C(N)=O)cn1.O=C(CNC1CC1)OCCOC1CCCCC1. The minimum atomic E-state index is -0.544. The van der Waals surface area contributed by atoms with Crippen molar-refractivity contribution < 1.29 is 19.1 Å². The van der Waals surface area contributed by atoms with Crippen LogP contribution in [0.25, 0.3) is 0 Å². The van der Waals surface area contributed by atoms with Crippen LogP contribution in [-0.4, -0.2) is 54.6 Å². The van der Waals surface area contributed by atoms with Crippen LogP contribution in [0.5, 0.6) is 0 Å². The number of aromatic nitrogens is 1. The van der Waals surface area contributed by atoms with Crippen LogP contribution < -0.4 is 16.8 Å². The highest BCUT2D eigenvalue weighted by Crippen LogP contribution is 2.20. The zero-order valence-electron chi connectivity index (χ0n) is 16.7. The molecule has 0 aromatic carbocycles. The molecule has 160 valence electrons. The average molecular weight is 405 g/mol. The van der Waals surface area contributed by atoms with Gasteiger partial charge in [-0.05, 0) is 37.8 Å². The fourth-order valence-electron chi connectivity index (χ4n) is 2.87. The third kappa shape index (κ3) is 9.49. The molecular weight excluding hydrogens is 374 g/mol. The Morgan fingerprint density at radius 1 is 1.10 bits per heavy atom. The summed E-state index contributed by atoms with van der Waals surface area (Å²) >= 11 is 0. The zero-order valence-corrected chi connectivity index (χ0v) is 16.7. The van der Waals surface area contributed by atoms with E-state index >= 15 is 0 Å². The molecule has 1 amide bonds. The number of nitrogen functional groups attached to an aromatic ring is 1. The summed E-state index contributed by atoms with van der Waals surface area (Å²) in [5, 5.41) is 10.1. The molecule has 0 aliphatic heterocycles. The van der Waals surface area contributed by atoms with Crippen molar-refractivity contribution in [2.75, 3.05) is 19.8 Å². The van der Waals surface area contributed by atoms with E-state index in [9.17, 15) is 9.59 Å². The molecule has 0 bridgehead atoms. The molecule has 0 atom stereocenters. The third-order valence-corrected chi connectivity index (χ3v) is 4.69. The molecule has 0 radical (unpaired) electrons. The maximum absolute atomic E-state index is 11.3. The molecule has 1 aromatic heterocycles. The number of amidine groups is 1. The quantitative estimate of drug-likeness (QED) is 0.208. The summed E-state index contributed by atoms with van der Waals surface area (Å²) in [6.07, 6.45) is 10.3. The minimum absolute atomic E-state index is 0.133. The van der Waals surface area contributed by atoms with Crippen molar-refractivity contribution in [2.24, 2.45) is 11.5 Å². The number of nitrogens with zero attached hydrogens (tertiary/aromatic N) is 1. The number of carbonyl (C=O) groups excluding carboxylic acids is 2. The van der Waals surface area contributed by atoms with E-state index in [4.69, 9.17) is 26.4 Å². The van der Waals surface area contributed by atoms with Crippen LogP contribution in [0.15, 0.2) is 18.3 Å². The van der Waals surface area contributed by atoms with Gasteiger partial charge in [-0.1, -0.05) is 19.3 Å². The van der Waals surface area contributed by atoms with Gasteiger partial charge in [0.25, 0.3) is 0 Å². The fourth-order valence-corrected chi connectivity index (χ4v) is 2.87. The van der Waals surface area contributed by atoms with Crippen LogP contribution in [0, 0.1) is 5.41 Å². The lowest BCUT2D eigenvalue weighted by Crippen LogP contribution is -2.27. The largest absolute Gasteiger partial charge is 0.462 e. The van der Waals surface area contributed by atoms with Gasteiger partial charge in [-0.15, -0.1) is 0 Å². The first kappa shape index (κ1) is 22.8. The van der Waals surface area contributed by atoms with E-state index in [-0.39, 0.29) is 11.8 Å². The van der Waals surface area contributed by atoms with Gasteiger partial charge in [0.2, 0.25) is 5.91 Å². The molecule has 9 nitrogen and oxygen atoms in total. The molecular formula is C20H31N5O4. The summed E-state index contributed by atoms with van der Waals surface area (Å²) < 4.78 is 10.8. The standard InChI is InChI=1S/C13H23NO3.C7H8N4O/c15-13(10-14-11-6-7-11)17-9-8-16-12-4-2-1-3-5-12;8-6(9)5-2-1-4(3-11-5)7(10)12/h11-12,14H,1-10H2;1-3H,(H3,8,9)(H2,10,12). The van der Waals surface area contributed by atoms with Crippen molar-refractivity contribution in [1.29, 1.82) is 5.41 Å². The number of nitrogens with two attached hydrogens (primary N) is 2. The second kappa shape index (κ2) is 12.1. The predicted molar refractivity (Wildman–Crippen MR) is 109 cm³/mol. The number of amides is 1. The van der Waals surface area contributed by atoms with Crippen molar-refractivity contribution in [3.63, 3.8) is 0 Å². The van der Waals surface area contributed by atoms with Crippen LogP contribution in [0.4, 0.5) is 0 Å². The molecule has 1 aromatic rings. The molecule has 1 heterocycles. The van der Waals surface area contributed by atoms with E-state index in [1.807, 2.05) is 0 Å². The van der Waals surface area contributed by atoms with Gasteiger partial charge < -0.3 is 26.3 Å². The molecule has 0 spiro atoms. The molecule has 29 heavy (non-hydrogen) atoms. The molecule has 3 rings (SSSR count). The lowest BCUT2D eigenvalue weighted by atomic mass is 9.98. The summed E-state index contributed by atoms with van der Waals surface area (Å²) in [5.74, 6) is -0.840. The van der Waals surface area contributed by atoms with Gasteiger partial charge in [0.15, 0.2) is 0 Å². The van der Waals surface area contributed by atoms with Crippen molar-refractivity contribution in [2.45, 2.75) is 57.1 Å². The average Bonchev–Trinajstić information content (AvgIpc) is 3.55. The second-order valence-electron chi connectivity index (χ2n) is 7.22. The van der Waals surface area contributed by atoms with Gasteiger partial charge in [-0.3, -0.25) is 20.0 Å². The van der Waals surface area contributed by atoms with E-state index in [1.165, 1.54) is 50.4 Å². The second-order valence-corrected chi connectivity index (χ2v) is 7.22. The van der Waals surface area contributed by atoms with Crippen molar-refractivity contribution >= 4 is 17.7 Å². The van der Waals surface area contributed by atoms with Crippen molar-refractivity contribution in [1.82, 2.24) is 10.3 Å². The molecule has 2 aliphatic rings. The Labute approximate surface area is 171 Å². The highest BCUT2D eigenvalue weighted by molar-refractivity contribution is 5.95. The van der Waals surface area contributed by atoms with Gasteiger partial charge in [0.1, 0.15) is 18.1 Å². The normalized spacial score (nSPS) is 16.4. The molecule has 9 heteroatoms. The molecule has 0 saturated heterocycles. The van der Waals surface area contributed by atoms with Gasteiger partial charge in [0.05, 0.1) is 24.8 Å². The first-order valence-corrected chi connectivity index (χ1v) is 10.1. The fraction of sp³-hybridized carbons (Fsp3) is 0.600. The molecule has 0 unspecified atom stereocenters. The highest BCUT2D eigenvalue weighted by atomic mass is 16.6. The maximum Gasteiger partial charge on any atom is 0.320 e. The third-order valence-electron chi connectivity index (χ3n) is 4.69. The Morgan fingerprint density at radius 3 is 2.38 bits per heavy atom. The topological polar surface area (TPSA) is 153 Å². The number of hydrogen-bond donors (Lipinski definition) is 4. The number of primary amides is 1. The smallest absolute Gasteiger partial charge is 0.320 e. The number of hydrogen-bond acceptors (Lipinski definition) is 7. The van der Waals surface area contributed by atoms with E-state index < -0.39 is 5.91 Å². The number of carbonyl (C=O) groups is 2. The monoisotopic (exact) mass is 405 g/mol. The summed E-state index contributed by atoms with van der Waals surface area (Å²) in [6, 6.07) is 3.51. The van der Waals surface area contributed by atoms with Crippen LogP contribution in [0.2, 0.25) is 0 Å². The number of esters is 1. The molecule has 2 saturated carbocycles. The van der Waals surface area contributed by atoms with Crippen LogP contribution in [0.1, 0.15) is 61.0 Å². The number of pyridine rings is 1. The summed E-state index contributed by atoms with van der Waals surface area (Å²) in [7, 11) is 0. The molecule has 6 N–H and O–H groups in total. The van der Waals surface area contributed by atoms with Gasteiger partial charge in [0, 0.05) is 12.2 Å². The Kier molecular flexibility index (Phi) is 9.52. The Hall–Kier alpha value is -2.52. The number of ether oxygens (including phenoxy) is 2. The summed E-state index contributed by atoms with van der Waals surface area (Å²) in [5.41, 5.74) is 10.8. The summed E-state index contributed by atoms with van der Waals surface area (Å²) in [4.78, 5) is 25.6. The summed E-state index contributed by atoms with van der Waals surface area (Å²) in [6.45, 7) is 1.27. The maximum atomic E-state index is 11.3. The lowest BCUT2D eigenvalue weighted by molar-refractivity contribution is -0.145. The lowest BCUT2D eigenvalue weighted by Gasteiger charge is -2.21. The molecule has 2 fully saturated rings. The van der Waals surface area contributed by atoms with Gasteiger partial charge in [-0.2, -0.15) is 0 Å². The van der Waals surface area contributed by atoms with E-state index in [0.29, 0.717) is 43.2 Å². The van der Waals surface area contributed by atoms with E-state index in [2.05, 4.69) is 10.3 Å². The predicted octanol–water partition coefficient (Wildman–Crippen LogP) is 1.10. The van der Waals surface area contributed by atoms with Crippen LogP contribution >= 0.6 is 0 Å². The van der Waals surface area contributed by atoms with E-state index in [1.54, 1.807) is 0 Å². The van der Waals surface area contributed by atoms with E-state index in [0.717, 1.165) is 12.8 Å². The Morgan fingerprint density at radius 2 is 1.83 bits per heavy atom. The number of rotatable bonds is 9. The van der Waals surface area contributed by atoms with Gasteiger partial charge in [-0.25, -0.2) is 0 Å². The van der Waals surface area contributed by atoms with Crippen LogP contribution in [0.3, 0.4) is 0 Å². The first-order valence-electron chi connectivity index (χ1n) is 10.1. The minimum Gasteiger partial charge on any atom is -0.462 e. The first-order chi connectivity index (χ1) is 14.0.